The van der Waals surface area contributed by atoms with Crippen LogP contribution >= 0.6 is 0 Å². The summed E-state index contributed by atoms with van der Waals surface area (Å²) >= 11 is 0. The molecular formula is C20H21N3O5. The van der Waals surface area contributed by atoms with Crippen molar-refractivity contribution >= 4 is 18.2 Å². The number of carbonyl (C=O) groups is 2. The summed E-state index contributed by atoms with van der Waals surface area (Å²) in [6.45, 7) is 3.80. The number of rotatable bonds is 6. The molecule has 8 heteroatoms. The van der Waals surface area contributed by atoms with E-state index in [2.05, 4.69) is 10.4 Å². The van der Waals surface area contributed by atoms with Crippen molar-refractivity contribution in [2.24, 2.45) is 5.10 Å². The lowest BCUT2D eigenvalue weighted by atomic mass is 9.92. The van der Waals surface area contributed by atoms with E-state index in [1.807, 2.05) is 0 Å². The smallest absolute Gasteiger partial charge is 0.346 e. The van der Waals surface area contributed by atoms with E-state index in [1.54, 1.807) is 63.4 Å². The Morgan fingerprint density at radius 2 is 1.93 bits per heavy atom. The Labute approximate surface area is 162 Å². The fraction of sp³-hybridized carbons (Fsp3) is 0.250. The predicted octanol–water partition coefficient (Wildman–Crippen LogP) is 2.60. The second kappa shape index (κ2) is 7.59. The number of ether oxygens (including phenoxy) is 2. The zero-order valence-electron chi connectivity index (χ0n) is 15.8. The Morgan fingerprint density at radius 3 is 2.57 bits per heavy atom. The van der Waals surface area contributed by atoms with E-state index < -0.39 is 17.5 Å². The van der Waals surface area contributed by atoms with Gasteiger partial charge in [0.05, 0.1) is 19.9 Å². The van der Waals surface area contributed by atoms with Crippen molar-refractivity contribution in [3.63, 3.8) is 0 Å². The van der Waals surface area contributed by atoms with Crippen LogP contribution in [-0.4, -0.2) is 42.0 Å². The molecule has 0 radical (unpaired) electrons. The van der Waals surface area contributed by atoms with Crippen molar-refractivity contribution < 1.29 is 24.2 Å². The van der Waals surface area contributed by atoms with Gasteiger partial charge in [-0.3, -0.25) is 4.79 Å². The molecule has 0 aromatic heterocycles. The van der Waals surface area contributed by atoms with Gasteiger partial charge < -0.3 is 19.9 Å². The number of aromatic hydroxyl groups is 1. The molecule has 0 saturated carbocycles. The molecule has 0 bridgehead atoms. The molecule has 2 N–H and O–H groups in total. The molecule has 0 aliphatic carbocycles. The van der Waals surface area contributed by atoms with Crippen LogP contribution in [0.3, 0.4) is 0 Å². The Bertz CT molecular complexity index is 926. The van der Waals surface area contributed by atoms with Crippen LogP contribution in [0, 0.1) is 0 Å². The maximum atomic E-state index is 12.9. The third-order valence-corrected chi connectivity index (χ3v) is 4.48. The summed E-state index contributed by atoms with van der Waals surface area (Å²) in [6, 6.07) is 11.1. The van der Waals surface area contributed by atoms with Crippen LogP contribution in [0.1, 0.15) is 25.0 Å². The van der Waals surface area contributed by atoms with E-state index in [9.17, 15) is 14.7 Å². The maximum absolute atomic E-state index is 12.9. The van der Waals surface area contributed by atoms with Gasteiger partial charge in [-0.15, -0.1) is 5.01 Å². The molecule has 146 valence electrons. The zero-order valence-corrected chi connectivity index (χ0v) is 15.8. The largest absolute Gasteiger partial charge is 0.504 e. The third kappa shape index (κ3) is 3.36. The SMILES string of the molecule is CCOc1cccc(/C=N/N2C(=O)N[C@@](C)(c3ccc(OC)cc3)C2=O)c1O. The molecular weight excluding hydrogens is 362 g/mol. The van der Waals surface area contributed by atoms with Crippen LogP contribution in [0.15, 0.2) is 47.6 Å². The minimum atomic E-state index is -1.25. The number of hydrogen-bond acceptors (Lipinski definition) is 6. The summed E-state index contributed by atoms with van der Waals surface area (Å²) in [7, 11) is 1.55. The Morgan fingerprint density at radius 1 is 1.21 bits per heavy atom. The Kier molecular flexibility index (Phi) is 5.21. The highest BCUT2D eigenvalue weighted by molar-refractivity contribution is 6.07. The van der Waals surface area contributed by atoms with Gasteiger partial charge >= 0.3 is 6.03 Å². The lowest BCUT2D eigenvalue weighted by molar-refractivity contribution is -0.131. The topological polar surface area (TPSA) is 100 Å². The van der Waals surface area contributed by atoms with E-state index >= 15 is 0 Å². The second-order valence-corrected chi connectivity index (χ2v) is 6.27. The van der Waals surface area contributed by atoms with Crippen LogP contribution in [0.5, 0.6) is 17.2 Å². The van der Waals surface area contributed by atoms with E-state index in [-0.39, 0.29) is 5.75 Å². The number of phenols is 1. The Balaban J connectivity index is 1.86. The number of amides is 3. The van der Waals surface area contributed by atoms with Gasteiger partial charge in [-0.25, -0.2) is 4.79 Å². The number of urea groups is 1. The summed E-state index contributed by atoms with van der Waals surface area (Å²) in [5.41, 5.74) is -0.328. The van der Waals surface area contributed by atoms with Gasteiger partial charge in [-0.05, 0) is 43.7 Å². The monoisotopic (exact) mass is 383 g/mol. The lowest BCUT2D eigenvalue weighted by Gasteiger charge is -2.21. The predicted molar refractivity (Wildman–Crippen MR) is 103 cm³/mol. The number of nitrogens with one attached hydrogen (secondary N) is 1. The van der Waals surface area contributed by atoms with Crippen molar-refractivity contribution in [3.8, 4) is 17.2 Å². The number of para-hydroxylation sites is 1. The summed E-state index contributed by atoms with van der Waals surface area (Å²) in [5.74, 6) is 0.299. The zero-order chi connectivity index (χ0) is 20.3. The molecule has 1 aliphatic rings. The summed E-state index contributed by atoms with van der Waals surface area (Å²) < 4.78 is 10.4. The van der Waals surface area contributed by atoms with Crippen LogP contribution in [0.25, 0.3) is 0 Å². The van der Waals surface area contributed by atoms with E-state index in [0.29, 0.717) is 29.2 Å². The highest BCUT2D eigenvalue weighted by Gasteiger charge is 2.49. The van der Waals surface area contributed by atoms with Crippen LogP contribution in [-0.2, 0) is 10.3 Å². The minimum absolute atomic E-state index is 0.113. The van der Waals surface area contributed by atoms with E-state index in [4.69, 9.17) is 9.47 Å². The van der Waals surface area contributed by atoms with Gasteiger partial charge in [0.2, 0.25) is 0 Å². The molecule has 3 amide bonds. The number of carbonyl (C=O) groups excluding carboxylic acids is 2. The number of nitrogens with zero attached hydrogens (tertiary/aromatic N) is 2. The van der Waals surface area contributed by atoms with Crippen molar-refractivity contribution in [1.82, 2.24) is 10.3 Å². The number of benzene rings is 2. The highest BCUT2D eigenvalue weighted by atomic mass is 16.5. The van der Waals surface area contributed by atoms with Crippen molar-refractivity contribution in [2.45, 2.75) is 19.4 Å². The van der Waals surface area contributed by atoms with Crippen LogP contribution in [0.4, 0.5) is 4.79 Å². The number of methoxy groups -OCH3 is 1. The number of hydrazone groups is 1. The first kappa shape index (κ1) is 19.2. The van der Waals surface area contributed by atoms with E-state index in [1.165, 1.54) is 6.21 Å². The molecule has 1 heterocycles. The average Bonchev–Trinajstić information content (AvgIpc) is 2.92. The van der Waals surface area contributed by atoms with Gasteiger partial charge in [0.15, 0.2) is 11.5 Å². The van der Waals surface area contributed by atoms with Gasteiger partial charge in [0, 0.05) is 5.56 Å². The molecule has 1 saturated heterocycles. The normalized spacial score (nSPS) is 19.2. The molecule has 8 nitrogen and oxygen atoms in total. The second-order valence-electron chi connectivity index (χ2n) is 6.27. The third-order valence-electron chi connectivity index (χ3n) is 4.48. The lowest BCUT2D eigenvalue weighted by Crippen LogP contribution is -2.40. The van der Waals surface area contributed by atoms with Crippen molar-refractivity contribution in [1.29, 1.82) is 0 Å². The van der Waals surface area contributed by atoms with Gasteiger partial charge in [0.25, 0.3) is 5.91 Å². The molecule has 2 aromatic carbocycles. The number of imide groups is 1. The van der Waals surface area contributed by atoms with Gasteiger partial charge in [-0.2, -0.15) is 5.10 Å². The molecule has 1 atom stereocenters. The summed E-state index contributed by atoms with van der Waals surface area (Å²) in [5, 5.41) is 17.6. The molecule has 0 unspecified atom stereocenters. The van der Waals surface area contributed by atoms with Gasteiger partial charge in [-0.1, -0.05) is 18.2 Å². The molecule has 1 aliphatic heterocycles. The quantitative estimate of drug-likeness (QED) is 0.590. The summed E-state index contributed by atoms with van der Waals surface area (Å²) in [6.07, 6.45) is 1.25. The molecule has 1 fully saturated rings. The molecule has 0 spiro atoms. The molecule has 2 aromatic rings. The highest BCUT2D eigenvalue weighted by Crippen LogP contribution is 2.31. The van der Waals surface area contributed by atoms with Gasteiger partial charge in [0.1, 0.15) is 11.3 Å². The first-order chi connectivity index (χ1) is 13.4. The fourth-order valence-corrected chi connectivity index (χ4v) is 2.88. The van der Waals surface area contributed by atoms with Crippen molar-refractivity contribution in [3.05, 3.63) is 53.6 Å². The fourth-order valence-electron chi connectivity index (χ4n) is 2.88. The maximum Gasteiger partial charge on any atom is 0.346 e. The summed E-state index contributed by atoms with van der Waals surface area (Å²) in [4.78, 5) is 25.2. The standard InChI is InChI=1S/C20H21N3O5/c1-4-28-16-7-5-6-13(17(16)24)12-21-23-18(25)20(2,22-19(23)26)14-8-10-15(27-3)11-9-14/h5-12,24H,4H2,1-3H3,(H,22,26)/b21-12+/t20-/m0/s1. The van der Waals surface area contributed by atoms with Crippen LogP contribution in [0.2, 0.25) is 0 Å². The first-order valence-corrected chi connectivity index (χ1v) is 8.70. The van der Waals surface area contributed by atoms with E-state index in [0.717, 1.165) is 5.01 Å². The molecule has 28 heavy (non-hydrogen) atoms. The Hall–Kier alpha value is -3.55. The molecule has 3 rings (SSSR count). The minimum Gasteiger partial charge on any atom is -0.504 e. The number of phenolic OH excluding ortho intramolecular Hbond substituents is 1. The average molecular weight is 383 g/mol. The van der Waals surface area contributed by atoms with Crippen LogP contribution < -0.4 is 14.8 Å². The van der Waals surface area contributed by atoms with Crippen molar-refractivity contribution in [2.75, 3.05) is 13.7 Å². The first-order valence-electron chi connectivity index (χ1n) is 8.70. The number of hydrogen-bond donors (Lipinski definition) is 2.